The molecule has 1 heterocycles. The van der Waals surface area contributed by atoms with Crippen molar-refractivity contribution in [2.75, 3.05) is 0 Å². The van der Waals surface area contributed by atoms with Crippen molar-refractivity contribution in [1.82, 2.24) is 0 Å². The predicted octanol–water partition coefficient (Wildman–Crippen LogP) is 10.1. The SMILES string of the molecule is CCCCC[Si]1CCC(c2cccc(-c3ccccc3C3(F)CC=CC(CCC)=C3F)c2)CC1. The van der Waals surface area contributed by atoms with E-state index in [1.807, 2.05) is 25.1 Å². The average molecular weight is 478 g/mol. The molecule has 34 heavy (non-hydrogen) atoms. The van der Waals surface area contributed by atoms with Gasteiger partial charge in [-0.15, -0.1) is 0 Å². The molecular weight excluding hydrogens is 438 g/mol. The lowest BCUT2D eigenvalue weighted by molar-refractivity contribution is 0.174. The van der Waals surface area contributed by atoms with E-state index in [2.05, 4.69) is 31.2 Å². The summed E-state index contributed by atoms with van der Waals surface area (Å²) in [6.07, 6.45) is 11.6. The molecule has 1 unspecified atom stereocenters. The van der Waals surface area contributed by atoms with Crippen molar-refractivity contribution < 1.29 is 8.78 Å². The normalized spacial score (nSPS) is 21.9. The second-order valence-electron chi connectivity index (χ2n) is 10.1. The Hall–Kier alpha value is -2.00. The number of hydrogen-bond acceptors (Lipinski definition) is 0. The molecule has 0 amide bonds. The van der Waals surface area contributed by atoms with Crippen LogP contribution in [0, 0.1) is 0 Å². The molecule has 3 heteroatoms. The zero-order valence-corrected chi connectivity index (χ0v) is 21.9. The van der Waals surface area contributed by atoms with E-state index in [1.54, 1.807) is 18.2 Å². The Morgan fingerprint density at radius 1 is 0.971 bits per heavy atom. The lowest BCUT2D eigenvalue weighted by Crippen LogP contribution is -2.24. The number of hydrogen-bond donors (Lipinski definition) is 0. The molecule has 0 nitrogen and oxygen atoms in total. The van der Waals surface area contributed by atoms with E-state index in [4.69, 9.17) is 0 Å². The van der Waals surface area contributed by atoms with Crippen LogP contribution in [0.1, 0.15) is 82.3 Å². The smallest absolute Gasteiger partial charge is 0.191 e. The van der Waals surface area contributed by atoms with E-state index in [0.717, 1.165) is 17.5 Å². The van der Waals surface area contributed by atoms with Crippen LogP contribution < -0.4 is 0 Å². The zero-order chi connectivity index (χ0) is 24.0. The first-order valence-electron chi connectivity index (χ1n) is 13.3. The molecule has 1 fully saturated rings. The third-order valence-corrected chi connectivity index (χ3v) is 10.8. The van der Waals surface area contributed by atoms with E-state index in [-0.39, 0.29) is 15.2 Å². The number of alkyl halides is 1. The Balaban J connectivity index is 1.57. The predicted molar refractivity (Wildman–Crippen MR) is 143 cm³/mol. The summed E-state index contributed by atoms with van der Waals surface area (Å²) in [7, 11) is -0.169. The maximum atomic E-state index is 16.4. The van der Waals surface area contributed by atoms with Crippen LogP contribution >= 0.6 is 0 Å². The van der Waals surface area contributed by atoms with Crippen LogP contribution in [0.2, 0.25) is 18.1 Å². The summed E-state index contributed by atoms with van der Waals surface area (Å²) < 4.78 is 31.8. The molecule has 0 N–H and O–H groups in total. The molecule has 4 rings (SSSR count). The van der Waals surface area contributed by atoms with Crippen molar-refractivity contribution in [3.63, 3.8) is 0 Å². The zero-order valence-electron chi connectivity index (χ0n) is 20.9. The van der Waals surface area contributed by atoms with Gasteiger partial charge in [0.2, 0.25) is 0 Å². The van der Waals surface area contributed by atoms with E-state index in [0.29, 0.717) is 23.5 Å². The minimum atomic E-state index is -2.09. The van der Waals surface area contributed by atoms with Gasteiger partial charge < -0.3 is 0 Å². The van der Waals surface area contributed by atoms with Gasteiger partial charge >= 0.3 is 0 Å². The fourth-order valence-corrected chi connectivity index (χ4v) is 8.76. The van der Waals surface area contributed by atoms with E-state index < -0.39 is 11.5 Å². The van der Waals surface area contributed by atoms with Crippen molar-refractivity contribution in [1.29, 1.82) is 0 Å². The standard InChI is InChI=1S/C31H39F2Si/c1-3-5-8-20-34-21-17-24(18-22-34)26-12-9-13-27(23-26)28-15-6-7-16-29(28)31(33)19-10-14-25(11-4-2)30(31)32/h6-7,9-10,12-16,23-24H,3-5,8,11,17-22H2,1-2H3. The molecule has 2 aliphatic rings. The largest absolute Gasteiger partial charge is 0.230 e. The first-order valence-corrected chi connectivity index (χ1v) is 15.5. The Bertz CT molecular complexity index is 1020. The Morgan fingerprint density at radius 3 is 2.53 bits per heavy atom. The maximum absolute atomic E-state index is 16.4. The summed E-state index contributed by atoms with van der Waals surface area (Å²) in [5, 5.41) is 0. The van der Waals surface area contributed by atoms with Gasteiger partial charge in [-0.3, -0.25) is 0 Å². The average Bonchev–Trinajstić information content (AvgIpc) is 2.88. The Morgan fingerprint density at radius 2 is 1.76 bits per heavy atom. The second-order valence-corrected chi connectivity index (χ2v) is 13.1. The summed E-state index contributed by atoms with van der Waals surface area (Å²) in [4.78, 5) is 0. The highest BCUT2D eigenvalue weighted by Gasteiger charge is 2.41. The minimum Gasteiger partial charge on any atom is -0.230 e. The van der Waals surface area contributed by atoms with Crippen LogP contribution in [0.4, 0.5) is 8.78 Å². The van der Waals surface area contributed by atoms with Crippen LogP contribution in [-0.2, 0) is 5.67 Å². The molecule has 181 valence electrons. The summed E-state index contributed by atoms with van der Waals surface area (Å²) in [5.74, 6) is -0.0118. The van der Waals surface area contributed by atoms with Gasteiger partial charge in [-0.2, -0.15) is 0 Å². The van der Waals surface area contributed by atoms with Gasteiger partial charge in [-0.1, -0.05) is 118 Å². The van der Waals surface area contributed by atoms with E-state index >= 15 is 8.78 Å². The first kappa shape index (κ1) is 25.1. The highest BCUT2D eigenvalue weighted by Crippen LogP contribution is 2.47. The number of benzene rings is 2. The number of halogens is 2. The summed E-state index contributed by atoms with van der Waals surface area (Å²) >= 11 is 0. The highest BCUT2D eigenvalue weighted by molar-refractivity contribution is 6.59. The number of allylic oxidation sites excluding steroid dienone is 4. The summed E-state index contributed by atoms with van der Waals surface area (Å²) in [6.45, 7) is 4.28. The second kappa shape index (κ2) is 11.6. The molecule has 0 bridgehead atoms. The van der Waals surface area contributed by atoms with Crippen molar-refractivity contribution in [3.8, 4) is 11.1 Å². The Labute approximate surface area is 206 Å². The van der Waals surface area contributed by atoms with Crippen LogP contribution in [0.15, 0.2) is 72.1 Å². The van der Waals surface area contributed by atoms with Gasteiger partial charge in [0, 0.05) is 20.8 Å². The lowest BCUT2D eigenvalue weighted by Gasteiger charge is -2.30. The fraction of sp³-hybridized carbons (Fsp3) is 0.484. The third kappa shape index (κ3) is 5.46. The fourth-order valence-electron chi connectivity index (χ4n) is 5.75. The molecule has 1 atom stereocenters. The van der Waals surface area contributed by atoms with Gasteiger partial charge in [-0.05, 0) is 47.4 Å². The van der Waals surface area contributed by atoms with Crippen LogP contribution in [0.5, 0.6) is 0 Å². The quantitative estimate of drug-likeness (QED) is 0.249. The molecule has 2 aromatic carbocycles. The summed E-state index contributed by atoms with van der Waals surface area (Å²) in [5.41, 5.74) is 2.04. The lowest BCUT2D eigenvalue weighted by atomic mass is 9.80. The molecule has 1 aliphatic heterocycles. The molecule has 0 spiro atoms. The van der Waals surface area contributed by atoms with E-state index in [1.165, 1.54) is 55.8 Å². The van der Waals surface area contributed by atoms with Gasteiger partial charge in [0.05, 0.1) is 0 Å². The molecular formula is C31H39F2Si. The third-order valence-electron chi connectivity index (χ3n) is 7.72. The van der Waals surface area contributed by atoms with Crippen LogP contribution in [-0.4, -0.2) is 8.80 Å². The van der Waals surface area contributed by atoms with Crippen molar-refractivity contribution in [2.45, 2.75) is 94.9 Å². The molecule has 0 saturated carbocycles. The molecule has 1 aliphatic carbocycles. The van der Waals surface area contributed by atoms with Crippen molar-refractivity contribution in [2.24, 2.45) is 0 Å². The molecule has 1 saturated heterocycles. The van der Waals surface area contributed by atoms with Crippen LogP contribution in [0.25, 0.3) is 11.1 Å². The van der Waals surface area contributed by atoms with Crippen molar-refractivity contribution in [3.05, 3.63) is 83.2 Å². The molecule has 2 aromatic rings. The van der Waals surface area contributed by atoms with E-state index in [9.17, 15) is 0 Å². The van der Waals surface area contributed by atoms with Gasteiger partial charge in [-0.25, -0.2) is 8.78 Å². The topological polar surface area (TPSA) is 0 Å². The highest BCUT2D eigenvalue weighted by atomic mass is 28.3. The monoisotopic (exact) mass is 477 g/mol. The van der Waals surface area contributed by atoms with Gasteiger partial charge in [0.25, 0.3) is 0 Å². The Kier molecular flexibility index (Phi) is 8.58. The van der Waals surface area contributed by atoms with Gasteiger partial charge in [0.1, 0.15) is 5.83 Å². The molecule has 0 aromatic heterocycles. The molecule has 1 radical (unpaired) electrons. The number of rotatable bonds is 9. The van der Waals surface area contributed by atoms with Crippen LogP contribution in [0.3, 0.4) is 0 Å². The first-order chi connectivity index (χ1) is 16.6. The number of unbranched alkanes of at least 4 members (excludes halogenated alkanes) is 2. The summed E-state index contributed by atoms with van der Waals surface area (Å²) in [6, 6.07) is 20.4. The van der Waals surface area contributed by atoms with Crippen molar-refractivity contribution >= 4 is 8.80 Å². The van der Waals surface area contributed by atoms with Gasteiger partial charge in [0.15, 0.2) is 5.67 Å². The minimum absolute atomic E-state index is 0.0498. The maximum Gasteiger partial charge on any atom is 0.191 e.